The Labute approximate surface area is 124 Å². The zero-order valence-corrected chi connectivity index (χ0v) is 13.0. The standard InChI is InChI=1S/C16H22N2OS/c1-3-11(2)18-8-7-13(17-18)10-14(19)16-9-12-5-4-6-15(12)20-16/h7-9,11,14,19H,3-6,10H2,1-2H3. The van der Waals surface area contributed by atoms with Crippen molar-refractivity contribution in [2.24, 2.45) is 0 Å². The fraction of sp³-hybridized carbons (Fsp3) is 0.562. The zero-order chi connectivity index (χ0) is 14.1. The van der Waals surface area contributed by atoms with E-state index in [-0.39, 0.29) is 0 Å². The number of aromatic nitrogens is 2. The molecule has 0 fully saturated rings. The molecule has 0 aromatic carbocycles. The Morgan fingerprint density at radius 3 is 3.05 bits per heavy atom. The summed E-state index contributed by atoms with van der Waals surface area (Å²) in [6, 6.07) is 4.64. The van der Waals surface area contributed by atoms with E-state index >= 15 is 0 Å². The van der Waals surface area contributed by atoms with Gasteiger partial charge in [-0.25, -0.2) is 0 Å². The number of fused-ring (bicyclic) bond motifs is 1. The third kappa shape index (κ3) is 2.67. The van der Waals surface area contributed by atoms with Gasteiger partial charge < -0.3 is 5.11 Å². The Balaban J connectivity index is 1.68. The molecule has 0 radical (unpaired) electrons. The number of aryl methyl sites for hydroxylation is 2. The maximum absolute atomic E-state index is 10.4. The molecule has 2 unspecified atom stereocenters. The molecular weight excluding hydrogens is 268 g/mol. The normalized spacial score (nSPS) is 17.1. The van der Waals surface area contributed by atoms with E-state index in [0.29, 0.717) is 12.5 Å². The predicted octanol–water partition coefficient (Wildman–Crippen LogP) is 3.68. The highest BCUT2D eigenvalue weighted by Crippen LogP contribution is 2.34. The van der Waals surface area contributed by atoms with Gasteiger partial charge in [0.1, 0.15) is 0 Å². The number of aliphatic hydroxyl groups excluding tert-OH is 1. The first-order valence-electron chi connectivity index (χ1n) is 7.51. The van der Waals surface area contributed by atoms with Crippen LogP contribution in [0.5, 0.6) is 0 Å². The molecule has 0 saturated carbocycles. The van der Waals surface area contributed by atoms with Crippen LogP contribution in [0.4, 0.5) is 0 Å². The van der Waals surface area contributed by atoms with E-state index in [1.54, 1.807) is 11.3 Å². The van der Waals surface area contributed by atoms with Gasteiger partial charge in [0.05, 0.1) is 11.8 Å². The minimum absolute atomic E-state index is 0.411. The minimum atomic E-state index is -0.411. The number of hydrogen-bond donors (Lipinski definition) is 1. The summed E-state index contributed by atoms with van der Waals surface area (Å²) in [4.78, 5) is 2.58. The molecule has 2 aromatic rings. The largest absolute Gasteiger partial charge is 0.387 e. The van der Waals surface area contributed by atoms with Crippen LogP contribution in [0.25, 0.3) is 0 Å². The van der Waals surface area contributed by atoms with Gasteiger partial charge in [-0.1, -0.05) is 6.92 Å². The molecule has 0 amide bonds. The monoisotopic (exact) mass is 290 g/mol. The second-order valence-electron chi connectivity index (χ2n) is 5.72. The molecule has 4 heteroatoms. The summed E-state index contributed by atoms with van der Waals surface area (Å²) >= 11 is 1.78. The average Bonchev–Trinajstić information content (AvgIpc) is 3.11. The Morgan fingerprint density at radius 1 is 1.45 bits per heavy atom. The van der Waals surface area contributed by atoms with Gasteiger partial charge in [-0.2, -0.15) is 5.10 Å². The third-order valence-corrected chi connectivity index (χ3v) is 5.54. The quantitative estimate of drug-likeness (QED) is 0.912. The SMILES string of the molecule is CCC(C)n1ccc(CC(O)c2cc3c(s2)CCC3)n1. The van der Waals surface area contributed by atoms with Crippen LogP contribution in [-0.2, 0) is 19.3 Å². The smallest absolute Gasteiger partial charge is 0.0938 e. The van der Waals surface area contributed by atoms with E-state index in [1.165, 1.54) is 29.7 Å². The van der Waals surface area contributed by atoms with Gasteiger partial charge in [0.25, 0.3) is 0 Å². The molecule has 108 valence electrons. The lowest BCUT2D eigenvalue weighted by Gasteiger charge is -2.09. The summed E-state index contributed by atoms with van der Waals surface area (Å²) in [6.07, 6.45) is 6.94. The zero-order valence-electron chi connectivity index (χ0n) is 12.2. The van der Waals surface area contributed by atoms with Crippen LogP contribution in [0.2, 0.25) is 0 Å². The van der Waals surface area contributed by atoms with Crippen LogP contribution in [-0.4, -0.2) is 14.9 Å². The summed E-state index contributed by atoms with van der Waals surface area (Å²) in [6.45, 7) is 4.32. The van der Waals surface area contributed by atoms with Crippen molar-refractivity contribution in [1.29, 1.82) is 0 Å². The van der Waals surface area contributed by atoms with Crippen molar-refractivity contribution in [2.75, 3.05) is 0 Å². The Morgan fingerprint density at radius 2 is 2.30 bits per heavy atom. The van der Waals surface area contributed by atoms with E-state index in [0.717, 1.165) is 17.0 Å². The van der Waals surface area contributed by atoms with Crippen molar-refractivity contribution < 1.29 is 5.11 Å². The molecule has 2 aromatic heterocycles. The highest BCUT2D eigenvalue weighted by Gasteiger charge is 2.19. The second kappa shape index (κ2) is 5.70. The number of aliphatic hydroxyl groups is 1. The highest BCUT2D eigenvalue weighted by molar-refractivity contribution is 7.12. The number of hydrogen-bond acceptors (Lipinski definition) is 3. The second-order valence-corrected chi connectivity index (χ2v) is 6.88. The van der Waals surface area contributed by atoms with Crippen LogP contribution in [0, 0.1) is 0 Å². The number of thiophene rings is 1. The molecule has 1 aliphatic rings. The summed E-state index contributed by atoms with van der Waals surface area (Å²) in [7, 11) is 0. The molecule has 1 aliphatic carbocycles. The predicted molar refractivity (Wildman–Crippen MR) is 82.2 cm³/mol. The lowest BCUT2D eigenvalue weighted by Crippen LogP contribution is -2.06. The summed E-state index contributed by atoms with van der Waals surface area (Å²) < 4.78 is 2.00. The molecule has 0 spiro atoms. The van der Waals surface area contributed by atoms with Gasteiger partial charge in [0, 0.05) is 28.4 Å². The van der Waals surface area contributed by atoms with Crippen LogP contribution in [0.15, 0.2) is 18.3 Å². The van der Waals surface area contributed by atoms with Gasteiger partial charge in [-0.15, -0.1) is 11.3 Å². The van der Waals surface area contributed by atoms with Gasteiger partial charge in [0.15, 0.2) is 0 Å². The van der Waals surface area contributed by atoms with Crippen LogP contribution in [0.1, 0.15) is 59.8 Å². The fourth-order valence-corrected chi connectivity index (χ4v) is 3.98. The van der Waals surface area contributed by atoms with E-state index in [2.05, 4.69) is 25.0 Å². The molecule has 2 atom stereocenters. The number of rotatable bonds is 5. The van der Waals surface area contributed by atoms with Crippen molar-refractivity contribution in [3.05, 3.63) is 39.3 Å². The van der Waals surface area contributed by atoms with Gasteiger partial charge in [-0.05, 0) is 50.3 Å². The van der Waals surface area contributed by atoms with Crippen LogP contribution < -0.4 is 0 Å². The lowest BCUT2D eigenvalue weighted by atomic mass is 10.1. The lowest BCUT2D eigenvalue weighted by molar-refractivity contribution is 0.180. The van der Waals surface area contributed by atoms with Gasteiger partial charge in [0.2, 0.25) is 0 Å². The molecule has 0 bridgehead atoms. The summed E-state index contributed by atoms with van der Waals surface area (Å²) in [5.41, 5.74) is 2.43. The van der Waals surface area contributed by atoms with Crippen molar-refractivity contribution in [3.8, 4) is 0 Å². The van der Waals surface area contributed by atoms with E-state index in [9.17, 15) is 5.11 Å². The molecule has 20 heavy (non-hydrogen) atoms. The topological polar surface area (TPSA) is 38.0 Å². The molecule has 2 heterocycles. The van der Waals surface area contributed by atoms with Crippen LogP contribution in [0.3, 0.4) is 0 Å². The van der Waals surface area contributed by atoms with Crippen molar-refractivity contribution in [2.45, 2.75) is 58.1 Å². The molecule has 3 nitrogen and oxygen atoms in total. The van der Waals surface area contributed by atoms with Crippen molar-refractivity contribution >= 4 is 11.3 Å². The molecule has 0 saturated heterocycles. The fourth-order valence-electron chi connectivity index (χ4n) is 2.73. The van der Waals surface area contributed by atoms with Gasteiger partial charge in [-0.3, -0.25) is 4.68 Å². The summed E-state index contributed by atoms with van der Waals surface area (Å²) in [5, 5.41) is 15.0. The van der Waals surface area contributed by atoms with Crippen molar-refractivity contribution in [3.63, 3.8) is 0 Å². The van der Waals surface area contributed by atoms with Crippen LogP contribution >= 0.6 is 11.3 Å². The maximum Gasteiger partial charge on any atom is 0.0938 e. The van der Waals surface area contributed by atoms with E-state index in [1.807, 2.05) is 16.9 Å². The average molecular weight is 290 g/mol. The number of nitrogens with zero attached hydrogens (tertiary/aromatic N) is 2. The highest BCUT2D eigenvalue weighted by atomic mass is 32.1. The molecule has 3 rings (SSSR count). The minimum Gasteiger partial charge on any atom is -0.387 e. The van der Waals surface area contributed by atoms with Gasteiger partial charge >= 0.3 is 0 Å². The molecule has 1 N–H and O–H groups in total. The first-order chi connectivity index (χ1) is 9.67. The van der Waals surface area contributed by atoms with E-state index < -0.39 is 6.10 Å². The Kier molecular flexibility index (Phi) is 3.94. The third-order valence-electron chi connectivity index (χ3n) is 4.20. The Bertz CT molecular complexity index is 566. The summed E-state index contributed by atoms with van der Waals surface area (Å²) in [5.74, 6) is 0. The van der Waals surface area contributed by atoms with E-state index in [4.69, 9.17) is 0 Å². The first-order valence-corrected chi connectivity index (χ1v) is 8.32. The first kappa shape index (κ1) is 13.8. The van der Waals surface area contributed by atoms with Crippen molar-refractivity contribution in [1.82, 2.24) is 9.78 Å². The molecular formula is C16H22N2OS. The Hall–Kier alpha value is -1.13. The molecule has 0 aliphatic heterocycles. The maximum atomic E-state index is 10.4.